The Balaban J connectivity index is 2.37. The average molecular weight is 232 g/mol. The molecule has 1 aromatic rings. The minimum atomic E-state index is -0.715. The van der Waals surface area contributed by atoms with Gasteiger partial charge in [0.15, 0.2) is 0 Å². The van der Waals surface area contributed by atoms with Gasteiger partial charge in [-0.15, -0.1) is 0 Å². The molecule has 0 aliphatic carbocycles. The van der Waals surface area contributed by atoms with Crippen LogP contribution in [0, 0.1) is 18.3 Å². The summed E-state index contributed by atoms with van der Waals surface area (Å²) in [5, 5.41) is 8.74. The van der Waals surface area contributed by atoms with Gasteiger partial charge in [0.25, 0.3) is 0 Å². The second-order valence-electron chi connectivity index (χ2n) is 3.79. The van der Waals surface area contributed by atoms with Crippen molar-refractivity contribution in [1.82, 2.24) is 0 Å². The first-order valence-corrected chi connectivity index (χ1v) is 5.18. The molecule has 1 atom stereocenters. The number of nitriles is 1. The number of benzene rings is 1. The largest absolute Gasteiger partial charge is 0.495 e. The molecule has 5 nitrogen and oxygen atoms in total. The monoisotopic (exact) mass is 232 g/mol. The summed E-state index contributed by atoms with van der Waals surface area (Å²) in [6, 6.07) is 7.44. The van der Waals surface area contributed by atoms with Crippen LogP contribution in [0.25, 0.3) is 0 Å². The van der Waals surface area contributed by atoms with Crippen molar-refractivity contribution in [2.45, 2.75) is 13.0 Å². The highest BCUT2D eigenvalue weighted by Crippen LogP contribution is 2.32. The number of nitrogens with zero attached hydrogens (tertiary/aromatic N) is 2. The van der Waals surface area contributed by atoms with Gasteiger partial charge >= 0.3 is 6.09 Å². The summed E-state index contributed by atoms with van der Waals surface area (Å²) in [6.45, 7) is 2.15. The van der Waals surface area contributed by atoms with Gasteiger partial charge in [-0.3, -0.25) is 4.90 Å². The van der Waals surface area contributed by atoms with E-state index in [1.807, 2.05) is 25.1 Å². The van der Waals surface area contributed by atoms with E-state index in [1.165, 1.54) is 12.0 Å². The van der Waals surface area contributed by atoms with Crippen LogP contribution in [-0.4, -0.2) is 25.9 Å². The molecule has 2 rings (SSSR count). The van der Waals surface area contributed by atoms with Crippen molar-refractivity contribution in [2.75, 3.05) is 18.6 Å². The third-order valence-electron chi connectivity index (χ3n) is 2.58. The van der Waals surface area contributed by atoms with Gasteiger partial charge in [-0.05, 0) is 24.6 Å². The Morgan fingerprint density at radius 1 is 1.59 bits per heavy atom. The lowest BCUT2D eigenvalue weighted by atomic mass is 10.2. The fourth-order valence-electron chi connectivity index (χ4n) is 1.74. The third kappa shape index (κ3) is 2.02. The van der Waals surface area contributed by atoms with Crippen LogP contribution in [0.5, 0.6) is 5.75 Å². The molecule has 0 saturated carbocycles. The van der Waals surface area contributed by atoms with Crippen LogP contribution in [-0.2, 0) is 4.74 Å². The normalized spacial score (nSPS) is 18.8. The van der Waals surface area contributed by atoms with E-state index < -0.39 is 12.2 Å². The number of hydrogen-bond acceptors (Lipinski definition) is 4. The number of amides is 1. The summed E-state index contributed by atoms with van der Waals surface area (Å²) in [4.78, 5) is 13.0. The Morgan fingerprint density at radius 3 is 2.94 bits per heavy atom. The van der Waals surface area contributed by atoms with Crippen LogP contribution in [0.15, 0.2) is 18.2 Å². The second-order valence-corrected chi connectivity index (χ2v) is 3.79. The minimum absolute atomic E-state index is 0.231. The summed E-state index contributed by atoms with van der Waals surface area (Å²) in [5.74, 6) is 0.589. The number of hydrogen-bond donors (Lipinski definition) is 0. The molecule has 1 unspecified atom stereocenters. The van der Waals surface area contributed by atoms with Crippen molar-refractivity contribution in [3.63, 3.8) is 0 Å². The van der Waals surface area contributed by atoms with Crippen molar-refractivity contribution in [1.29, 1.82) is 5.26 Å². The summed E-state index contributed by atoms with van der Waals surface area (Å²) in [5.41, 5.74) is 1.64. The molecular formula is C12H12N2O3. The van der Waals surface area contributed by atoms with E-state index in [1.54, 1.807) is 6.07 Å². The van der Waals surface area contributed by atoms with Crippen LogP contribution < -0.4 is 9.64 Å². The number of anilines is 1. The number of methoxy groups -OCH3 is 1. The molecule has 1 aliphatic rings. The van der Waals surface area contributed by atoms with Crippen molar-refractivity contribution < 1.29 is 14.3 Å². The molecule has 1 heterocycles. The highest BCUT2D eigenvalue weighted by Gasteiger charge is 2.33. The Hall–Kier alpha value is -2.22. The van der Waals surface area contributed by atoms with Gasteiger partial charge in [0.05, 0.1) is 19.3 Å². The van der Waals surface area contributed by atoms with Crippen molar-refractivity contribution in [3.8, 4) is 11.8 Å². The number of cyclic esters (lactones) is 1. The predicted octanol–water partition coefficient (Wildman–Crippen LogP) is 1.85. The van der Waals surface area contributed by atoms with Gasteiger partial charge in [0, 0.05) is 0 Å². The summed E-state index contributed by atoms with van der Waals surface area (Å²) in [7, 11) is 1.54. The highest BCUT2D eigenvalue weighted by molar-refractivity contribution is 5.92. The quantitative estimate of drug-likeness (QED) is 0.780. The van der Waals surface area contributed by atoms with E-state index in [9.17, 15) is 4.79 Å². The van der Waals surface area contributed by atoms with Gasteiger partial charge in [-0.25, -0.2) is 4.79 Å². The van der Waals surface area contributed by atoms with Gasteiger partial charge in [0.2, 0.25) is 6.10 Å². The molecule has 0 N–H and O–H groups in total. The molecule has 5 heteroatoms. The Labute approximate surface area is 99.2 Å². The topological polar surface area (TPSA) is 62.6 Å². The maximum atomic E-state index is 11.6. The lowest BCUT2D eigenvalue weighted by Gasteiger charge is -2.16. The van der Waals surface area contributed by atoms with Crippen LogP contribution in [0.1, 0.15) is 5.56 Å². The molecule has 0 bridgehead atoms. The SMILES string of the molecule is COc1ccc(C)cc1N1CC(C#N)OC1=O. The first-order valence-electron chi connectivity index (χ1n) is 5.18. The maximum Gasteiger partial charge on any atom is 0.415 e. The number of rotatable bonds is 2. The van der Waals surface area contributed by atoms with Crippen LogP contribution in [0.4, 0.5) is 10.5 Å². The summed E-state index contributed by atoms with van der Waals surface area (Å²) >= 11 is 0. The first kappa shape index (κ1) is 11.3. The fraction of sp³-hybridized carbons (Fsp3) is 0.333. The van der Waals surface area contributed by atoms with E-state index in [4.69, 9.17) is 14.7 Å². The Bertz CT molecular complexity index is 493. The number of carbonyl (C=O) groups excluding carboxylic acids is 1. The van der Waals surface area contributed by atoms with Crippen molar-refractivity contribution in [2.24, 2.45) is 0 Å². The van der Waals surface area contributed by atoms with Crippen LogP contribution in [0.3, 0.4) is 0 Å². The lowest BCUT2D eigenvalue weighted by molar-refractivity contribution is 0.162. The van der Waals surface area contributed by atoms with E-state index in [0.717, 1.165) is 5.56 Å². The number of aryl methyl sites for hydroxylation is 1. The van der Waals surface area contributed by atoms with E-state index in [0.29, 0.717) is 11.4 Å². The molecule has 0 spiro atoms. The molecule has 1 fully saturated rings. The van der Waals surface area contributed by atoms with Gasteiger partial charge < -0.3 is 9.47 Å². The van der Waals surface area contributed by atoms with E-state index in [2.05, 4.69) is 0 Å². The number of ether oxygens (including phenoxy) is 2. The third-order valence-corrected chi connectivity index (χ3v) is 2.58. The summed E-state index contributed by atoms with van der Waals surface area (Å²) in [6.07, 6.45) is -1.23. The molecule has 1 aliphatic heterocycles. The summed E-state index contributed by atoms with van der Waals surface area (Å²) < 4.78 is 10.1. The molecule has 1 saturated heterocycles. The van der Waals surface area contributed by atoms with Gasteiger partial charge in [0.1, 0.15) is 11.8 Å². The van der Waals surface area contributed by atoms with E-state index >= 15 is 0 Å². The maximum absolute atomic E-state index is 11.6. The van der Waals surface area contributed by atoms with Gasteiger partial charge in [-0.2, -0.15) is 5.26 Å². The lowest BCUT2D eigenvalue weighted by Crippen LogP contribution is -2.24. The zero-order chi connectivity index (χ0) is 12.4. The molecule has 0 radical (unpaired) electrons. The highest BCUT2D eigenvalue weighted by atomic mass is 16.6. The number of carbonyl (C=O) groups is 1. The molecule has 1 amide bonds. The minimum Gasteiger partial charge on any atom is -0.495 e. The van der Waals surface area contributed by atoms with Gasteiger partial charge in [-0.1, -0.05) is 6.07 Å². The van der Waals surface area contributed by atoms with Crippen LogP contribution >= 0.6 is 0 Å². The molecule has 1 aromatic carbocycles. The molecular weight excluding hydrogens is 220 g/mol. The smallest absolute Gasteiger partial charge is 0.415 e. The molecule has 0 aromatic heterocycles. The second kappa shape index (κ2) is 4.34. The first-order chi connectivity index (χ1) is 8.15. The standard InChI is InChI=1S/C12H12N2O3/c1-8-3-4-11(16-2)10(5-8)14-7-9(6-13)17-12(14)15/h3-5,9H,7H2,1-2H3. The van der Waals surface area contributed by atoms with Crippen molar-refractivity contribution >= 4 is 11.8 Å². The predicted molar refractivity (Wildman–Crippen MR) is 61.0 cm³/mol. The molecule has 17 heavy (non-hydrogen) atoms. The molecule has 88 valence electrons. The average Bonchev–Trinajstić information content (AvgIpc) is 2.70. The van der Waals surface area contributed by atoms with E-state index in [-0.39, 0.29) is 6.54 Å². The van der Waals surface area contributed by atoms with Crippen molar-refractivity contribution in [3.05, 3.63) is 23.8 Å². The zero-order valence-corrected chi connectivity index (χ0v) is 9.64. The Kier molecular flexibility index (Phi) is 2.88. The van der Waals surface area contributed by atoms with Crippen LogP contribution in [0.2, 0.25) is 0 Å². The fourth-order valence-corrected chi connectivity index (χ4v) is 1.74. The Morgan fingerprint density at radius 2 is 2.35 bits per heavy atom. The zero-order valence-electron chi connectivity index (χ0n) is 9.64.